The van der Waals surface area contributed by atoms with Crippen molar-refractivity contribution in [3.05, 3.63) is 109 Å². The zero-order valence-electron chi connectivity index (χ0n) is 23.2. The fraction of sp³-hybridized carbons (Fsp3) is 0.0968. The van der Waals surface area contributed by atoms with Gasteiger partial charge in [0.15, 0.2) is 11.8 Å². The number of carbonyl (C=O) groups is 2. The second-order valence-electron chi connectivity index (χ2n) is 9.26. The van der Waals surface area contributed by atoms with Crippen molar-refractivity contribution in [1.29, 1.82) is 0 Å². The number of benzene rings is 3. The number of nitrogens with zero attached hydrogens (tertiary/aromatic N) is 2. The third-order valence-electron chi connectivity index (χ3n) is 6.10. The average molecular weight is 607 g/mol. The quantitative estimate of drug-likeness (QED) is 0.0813. The molecule has 1 heterocycles. The first kappa shape index (κ1) is 31.2. The Balaban J connectivity index is 1.37. The Labute approximate surface area is 249 Å². The highest BCUT2D eigenvalue weighted by Gasteiger charge is 2.28. The van der Waals surface area contributed by atoms with Crippen LogP contribution in [0.3, 0.4) is 0 Å². The highest BCUT2D eigenvalue weighted by molar-refractivity contribution is 6.24. The van der Waals surface area contributed by atoms with E-state index in [1.807, 2.05) is 0 Å². The molecule has 0 spiro atoms. The van der Waals surface area contributed by atoms with Crippen molar-refractivity contribution in [2.75, 3.05) is 24.3 Å². The maximum absolute atomic E-state index is 13.1. The molecule has 0 aliphatic carbocycles. The van der Waals surface area contributed by atoms with Gasteiger partial charge in [-0.3, -0.25) is 9.59 Å². The van der Waals surface area contributed by atoms with Crippen molar-refractivity contribution in [2.45, 2.75) is 6.18 Å². The smallest absolute Gasteiger partial charge is 0.405 e. The van der Waals surface area contributed by atoms with E-state index in [1.54, 1.807) is 47.9 Å². The number of alkyl halides is 3. The summed E-state index contributed by atoms with van der Waals surface area (Å²) in [6.45, 7) is 2.32. The summed E-state index contributed by atoms with van der Waals surface area (Å²) in [6.07, 6.45) is -2.95. The molecule has 0 bridgehead atoms. The molecule has 0 fully saturated rings. The van der Waals surface area contributed by atoms with Crippen LogP contribution in [0.25, 0.3) is 16.7 Å². The summed E-state index contributed by atoms with van der Waals surface area (Å²) in [5, 5.41) is 7.36. The molecule has 9 nitrogen and oxygen atoms in total. The van der Waals surface area contributed by atoms with E-state index < -0.39 is 30.4 Å². The molecule has 0 aliphatic rings. The summed E-state index contributed by atoms with van der Waals surface area (Å²) < 4.78 is 55.6. The van der Waals surface area contributed by atoms with Crippen molar-refractivity contribution in [3.63, 3.8) is 0 Å². The van der Waals surface area contributed by atoms with Crippen molar-refractivity contribution >= 4 is 40.5 Å². The standard InChI is InChI=1S/C31H26F4N6O3/c1-18(19-3-9-23(32)10-4-19)28(42)39-24-11-5-20(6-12-24)22-8-14-27(37-16-22)41-30(36)40-25-13-7-21(15-26(25)44-2)29(43)38-17-31(33,34)35/h3-16H,1,17H2,2H3,(H,38,43)(H,39,42)(H3,36,37,40,41). The summed E-state index contributed by atoms with van der Waals surface area (Å²) in [5.41, 5.74) is 9.14. The molecule has 44 heavy (non-hydrogen) atoms. The number of ether oxygens (including phenoxy) is 1. The van der Waals surface area contributed by atoms with Gasteiger partial charge in [0.05, 0.1) is 12.8 Å². The minimum absolute atomic E-state index is 0.0321. The number of rotatable bonds is 9. The van der Waals surface area contributed by atoms with Crippen LogP contribution in [0, 0.1) is 5.82 Å². The summed E-state index contributed by atoms with van der Waals surface area (Å²) in [4.78, 5) is 33.1. The predicted octanol–water partition coefficient (Wildman–Crippen LogP) is 5.90. The van der Waals surface area contributed by atoms with Crippen LogP contribution in [0.15, 0.2) is 96.6 Å². The number of amides is 2. The lowest BCUT2D eigenvalue weighted by Crippen LogP contribution is -2.33. The molecule has 4 aromatic rings. The molecule has 0 atom stereocenters. The second kappa shape index (κ2) is 13.5. The molecule has 0 aliphatic heterocycles. The van der Waals surface area contributed by atoms with E-state index in [1.165, 1.54) is 49.6 Å². The molecule has 1 aromatic heterocycles. The van der Waals surface area contributed by atoms with Crippen LogP contribution >= 0.6 is 0 Å². The Morgan fingerprint density at radius 2 is 1.59 bits per heavy atom. The fourth-order valence-electron chi connectivity index (χ4n) is 3.87. The number of methoxy groups -OCH3 is 1. The topological polar surface area (TPSA) is 131 Å². The Morgan fingerprint density at radius 1 is 0.932 bits per heavy atom. The van der Waals surface area contributed by atoms with Crippen LogP contribution in [0.1, 0.15) is 15.9 Å². The number of nitrogens with one attached hydrogen (secondary N) is 3. The van der Waals surface area contributed by atoms with E-state index in [0.29, 0.717) is 16.9 Å². The number of aromatic nitrogens is 1. The summed E-state index contributed by atoms with van der Waals surface area (Å²) in [7, 11) is 1.33. The van der Waals surface area contributed by atoms with Crippen LogP contribution in [0.5, 0.6) is 5.75 Å². The van der Waals surface area contributed by atoms with E-state index in [2.05, 4.69) is 27.2 Å². The lowest BCUT2D eigenvalue weighted by molar-refractivity contribution is -0.123. The molecular formula is C31H26F4N6O3. The third kappa shape index (κ3) is 8.41. The Hall–Kier alpha value is -5.72. The highest BCUT2D eigenvalue weighted by atomic mass is 19.4. The zero-order valence-corrected chi connectivity index (χ0v) is 23.2. The number of anilines is 2. The lowest BCUT2D eigenvalue weighted by atomic mass is 10.1. The molecule has 0 saturated heterocycles. The molecule has 5 N–H and O–H groups in total. The summed E-state index contributed by atoms with van der Waals surface area (Å²) >= 11 is 0. The SMILES string of the molecule is C=C(C(=O)Nc1ccc(-c2ccc(N=C(N)Nc3ccc(C(=O)NCC(F)(F)F)cc3OC)nc2)cc1)c1ccc(F)cc1. The average Bonchev–Trinajstić information content (AvgIpc) is 3.00. The maximum atomic E-state index is 13.1. The Bertz CT molecular complexity index is 1690. The van der Waals surface area contributed by atoms with Gasteiger partial charge in [-0.05, 0) is 65.7 Å². The van der Waals surface area contributed by atoms with Gasteiger partial charge in [-0.2, -0.15) is 18.2 Å². The van der Waals surface area contributed by atoms with Gasteiger partial charge in [-0.15, -0.1) is 0 Å². The first-order valence-electron chi connectivity index (χ1n) is 12.9. The van der Waals surface area contributed by atoms with Crippen LogP contribution in [-0.4, -0.2) is 42.6 Å². The van der Waals surface area contributed by atoms with Crippen LogP contribution in [0.2, 0.25) is 0 Å². The second-order valence-corrected chi connectivity index (χ2v) is 9.26. The largest absolute Gasteiger partial charge is 0.495 e. The van der Waals surface area contributed by atoms with Gasteiger partial charge < -0.3 is 26.4 Å². The zero-order chi connectivity index (χ0) is 31.9. The van der Waals surface area contributed by atoms with Crippen molar-refractivity contribution in [2.24, 2.45) is 10.7 Å². The van der Waals surface area contributed by atoms with Crippen molar-refractivity contribution < 1.29 is 31.9 Å². The molecule has 226 valence electrons. The van der Waals surface area contributed by atoms with Crippen LogP contribution in [0.4, 0.5) is 34.8 Å². The van der Waals surface area contributed by atoms with Gasteiger partial charge in [-0.1, -0.05) is 30.8 Å². The summed E-state index contributed by atoms with van der Waals surface area (Å²) in [5.74, 6) is -1.35. The van der Waals surface area contributed by atoms with Crippen LogP contribution < -0.4 is 26.4 Å². The monoisotopic (exact) mass is 606 g/mol. The van der Waals surface area contributed by atoms with Gasteiger partial charge in [0.2, 0.25) is 0 Å². The first-order valence-corrected chi connectivity index (χ1v) is 12.9. The molecule has 4 rings (SSSR count). The minimum Gasteiger partial charge on any atom is -0.495 e. The summed E-state index contributed by atoms with van der Waals surface area (Å²) in [6, 6.07) is 19.9. The minimum atomic E-state index is -4.54. The highest BCUT2D eigenvalue weighted by Crippen LogP contribution is 2.27. The number of hydrogen-bond acceptors (Lipinski definition) is 5. The molecule has 0 unspecified atom stereocenters. The normalized spacial score (nSPS) is 11.4. The third-order valence-corrected chi connectivity index (χ3v) is 6.10. The first-order chi connectivity index (χ1) is 20.9. The van der Waals surface area contributed by atoms with Gasteiger partial charge in [0.1, 0.15) is 18.1 Å². The maximum Gasteiger partial charge on any atom is 0.405 e. The van der Waals surface area contributed by atoms with E-state index in [4.69, 9.17) is 10.5 Å². The van der Waals surface area contributed by atoms with Gasteiger partial charge in [-0.25, -0.2) is 9.37 Å². The van der Waals surface area contributed by atoms with Crippen molar-refractivity contribution in [1.82, 2.24) is 10.3 Å². The number of nitrogens with two attached hydrogens (primary N) is 1. The number of carbonyl (C=O) groups excluding carboxylic acids is 2. The van der Waals surface area contributed by atoms with Crippen LogP contribution in [-0.2, 0) is 4.79 Å². The number of pyridine rings is 1. The fourth-order valence-corrected chi connectivity index (χ4v) is 3.87. The Kier molecular flexibility index (Phi) is 9.58. The predicted molar refractivity (Wildman–Crippen MR) is 160 cm³/mol. The molecule has 2 amide bonds. The number of hydrogen-bond donors (Lipinski definition) is 4. The molecule has 13 heteroatoms. The molecule has 0 saturated carbocycles. The van der Waals surface area contributed by atoms with Crippen molar-refractivity contribution in [3.8, 4) is 16.9 Å². The molecule has 0 radical (unpaired) electrons. The Morgan fingerprint density at radius 3 is 2.20 bits per heavy atom. The van der Waals surface area contributed by atoms with E-state index in [0.717, 1.165) is 11.1 Å². The van der Waals surface area contributed by atoms with E-state index >= 15 is 0 Å². The molecular weight excluding hydrogens is 580 g/mol. The van der Waals surface area contributed by atoms with E-state index in [9.17, 15) is 27.2 Å². The van der Waals surface area contributed by atoms with Gasteiger partial charge >= 0.3 is 6.18 Å². The van der Waals surface area contributed by atoms with Gasteiger partial charge in [0, 0.05) is 28.6 Å². The van der Waals surface area contributed by atoms with Gasteiger partial charge in [0.25, 0.3) is 11.8 Å². The number of guanidine groups is 1. The lowest BCUT2D eigenvalue weighted by Gasteiger charge is -2.13. The number of aliphatic imine (C=N–C) groups is 1. The molecule has 3 aromatic carbocycles. The number of halogens is 4. The van der Waals surface area contributed by atoms with E-state index in [-0.39, 0.29) is 28.7 Å².